The van der Waals surface area contributed by atoms with Crippen LogP contribution in [0.15, 0.2) is 85.1 Å². The van der Waals surface area contributed by atoms with Crippen LogP contribution in [0, 0.1) is 0 Å². The third-order valence-electron chi connectivity index (χ3n) is 8.34. The molecule has 4 atom stereocenters. The van der Waals surface area contributed by atoms with Gasteiger partial charge in [-0.1, -0.05) is 79.8 Å². The van der Waals surface area contributed by atoms with E-state index < -0.39 is 36.0 Å². The molecule has 1 amide bonds. The molecule has 4 aliphatic rings. The number of allylic oxidation sites excluding steroid dienone is 12. The van der Waals surface area contributed by atoms with Crippen molar-refractivity contribution in [2.45, 2.75) is 102 Å². The standard InChI is InChI=1S/C39H47NO8/c1-4-5-6-7-8-9-10-11-12-13-14-15-16-17-18-19-20-21-22-23-31(41)46-30-25-28-27-24-29-35(45-26-44-29)34(42)32(27)38(43)40-33(28)37-36(30)47-39(2,3)48-37/h5-6,8-9,11-12,14-15,17-18,20-21,24-25,30,33,36-37,42H,4,7,10,13,16,19,22-23,26H2,1-3H3,(H,40,43). The van der Waals surface area contributed by atoms with Gasteiger partial charge in [0.25, 0.3) is 5.91 Å². The van der Waals surface area contributed by atoms with Crippen LogP contribution >= 0.6 is 0 Å². The third-order valence-corrected chi connectivity index (χ3v) is 8.34. The molecule has 3 heterocycles. The first kappa shape index (κ1) is 35.0. The molecule has 1 fully saturated rings. The second-order valence-electron chi connectivity index (χ2n) is 12.4. The van der Waals surface area contributed by atoms with Crippen LogP contribution < -0.4 is 14.8 Å². The first-order valence-electron chi connectivity index (χ1n) is 16.9. The van der Waals surface area contributed by atoms with Crippen molar-refractivity contribution in [1.82, 2.24) is 5.32 Å². The third kappa shape index (κ3) is 8.76. The van der Waals surface area contributed by atoms with Gasteiger partial charge in [-0.15, -0.1) is 0 Å². The van der Waals surface area contributed by atoms with Gasteiger partial charge in [-0.25, -0.2) is 0 Å². The molecule has 9 nitrogen and oxygen atoms in total. The van der Waals surface area contributed by atoms with Crippen molar-refractivity contribution >= 4 is 17.4 Å². The van der Waals surface area contributed by atoms with Gasteiger partial charge in [0.1, 0.15) is 18.3 Å². The van der Waals surface area contributed by atoms with E-state index in [2.05, 4.69) is 73.0 Å². The zero-order chi connectivity index (χ0) is 33.9. The van der Waals surface area contributed by atoms with Gasteiger partial charge in [-0.3, -0.25) is 9.59 Å². The number of phenolic OH excluding ortho intramolecular Hbond substituents is 1. The number of fused-ring (bicyclic) bond motifs is 6. The van der Waals surface area contributed by atoms with Crippen molar-refractivity contribution in [1.29, 1.82) is 0 Å². The Balaban J connectivity index is 1.08. The predicted molar refractivity (Wildman–Crippen MR) is 185 cm³/mol. The summed E-state index contributed by atoms with van der Waals surface area (Å²) in [7, 11) is 0. The van der Waals surface area contributed by atoms with Gasteiger partial charge in [0.05, 0.1) is 11.6 Å². The maximum Gasteiger partial charge on any atom is 0.306 e. The van der Waals surface area contributed by atoms with Crippen molar-refractivity contribution in [3.8, 4) is 17.2 Å². The average molecular weight is 658 g/mol. The molecule has 1 saturated heterocycles. The maximum absolute atomic E-state index is 13.1. The van der Waals surface area contributed by atoms with E-state index in [1.165, 1.54) is 0 Å². The van der Waals surface area contributed by atoms with E-state index in [4.69, 9.17) is 23.7 Å². The predicted octanol–water partition coefficient (Wildman–Crippen LogP) is 7.54. The largest absolute Gasteiger partial charge is 0.504 e. The number of amides is 1. The second kappa shape index (κ2) is 16.7. The van der Waals surface area contributed by atoms with Crippen molar-refractivity contribution in [3.05, 3.63) is 96.2 Å². The number of hydrogen-bond acceptors (Lipinski definition) is 8. The van der Waals surface area contributed by atoms with E-state index in [-0.39, 0.29) is 36.2 Å². The molecule has 2 N–H and O–H groups in total. The summed E-state index contributed by atoms with van der Waals surface area (Å²) in [5.74, 6) is -1.57. The Hall–Kier alpha value is -4.34. The van der Waals surface area contributed by atoms with E-state index >= 15 is 0 Å². The molecule has 4 unspecified atom stereocenters. The Morgan fingerprint density at radius 2 is 1.48 bits per heavy atom. The lowest BCUT2D eigenvalue weighted by molar-refractivity contribution is -0.166. The smallest absolute Gasteiger partial charge is 0.306 e. The molecule has 48 heavy (non-hydrogen) atoms. The van der Waals surface area contributed by atoms with Crippen LogP contribution in [0.4, 0.5) is 0 Å². The number of benzene rings is 1. The number of carbonyl (C=O) groups is 2. The van der Waals surface area contributed by atoms with Crippen LogP contribution in [-0.4, -0.2) is 53.9 Å². The highest BCUT2D eigenvalue weighted by molar-refractivity contribution is 6.07. The maximum atomic E-state index is 13.1. The zero-order valence-electron chi connectivity index (χ0n) is 28.1. The van der Waals surface area contributed by atoms with Gasteiger partial charge in [-0.2, -0.15) is 0 Å². The fourth-order valence-corrected chi connectivity index (χ4v) is 6.15. The van der Waals surface area contributed by atoms with E-state index in [1.807, 2.05) is 12.2 Å². The van der Waals surface area contributed by atoms with E-state index in [1.54, 1.807) is 26.0 Å². The van der Waals surface area contributed by atoms with Crippen molar-refractivity contribution in [2.75, 3.05) is 6.79 Å². The van der Waals surface area contributed by atoms with E-state index in [9.17, 15) is 14.7 Å². The van der Waals surface area contributed by atoms with Crippen molar-refractivity contribution < 1.29 is 38.4 Å². The summed E-state index contributed by atoms with van der Waals surface area (Å²) >= 11 is 0. The molecule has 1 aromatic rings. The minimum atomic E-state index is -0.947. The number of nitrogens with one attached hydrogen (secondary N) is 1. The number of aromatic hydroxyl groups is 1. The van der Waals surface area contributed by atoms with Gasteiger partial charge >= 0.3 is 5.97 Å². The van der Waals surface area contributed by atoms with Crippen LogP contribution in [-0.2, 0) is 19.0 Å². The zero-order valence-corrected chi connectivity index (χ0v) is 28.1. The summed E-state index contributed by atoms with van der Waals surface area (Å²) in [6.45, 7) is 5.66. The van der Waals surface area contributed by atoms with Gasteiger partial charge in [0.15, 0.2) is 17.3 Å². The molecule has 0 bridgehead atoms. The van der Waals surface area contributed by atoms with Crippen LogP contribution in [0.1, 0.15) is 88.1 Å². The Bertz CT molecular complexity index is 1530. The Morgan fingerprint density at radius 1 is 0.896 bits per heavy atom. The number of ether oxygens (including phenoxy) is 5. The molecular weight excluding hydrogens is 610 g/mol. The minimum absolute atomic E-state index is 0.0529. The lowest BCUT2D eigenvalue weighted by Crippen LogP contribution is -2.56. The Morgan fingerprint density at radius 3 is 2.10 bits per heavy atom. The monoisotopic (exact) mass is 657 g/mol. The van der Waals surface area contributed by atoms with Crippen LogP contribution in [0.2, 0.25) is 0 Å². The van der Waals surface area contributed by atoms with Crippen LogP contribution in [0.25, 0.3) is 5.57 Å². The van der Waals surface area contributed by atoms with E-state index in [0.717, 1.165) is 38.5 Å². The topological polar surface area (TPSA) is 113 Å². The summed E-state index contributed by atoms with van der Waals surface area (Å²) in [5, 5.41) is 13.8. The quantitative estimate of drug-likeness (QED) is 0.147. The molecule has 9 heteroatoms. The normalized spacial score (nSPS) is 24.2. The first-order valence-corrected chi connectivity index (χ1v) is 16.9. The molecule has 0 saturated carbocycles. The number of esters is 1. The number of hydrogen-bond donors (Lipinski definition) is 2. The fraction of sp³-hybridized carbons (Fsp3) is 0.436. The molecular formula is C39H47NO8. The summed E-state index contributed by atoms with van der Waals surface area (Å²) in [4.78, 5) is 26.1. The fourth-order valence-electron chi connectivity index (χ4n) is 6.15. The lowest BCUT2D eigenvalue weighted by atomic mass is 9.79. The minimum Gasteiger partial charge on any atom is -0.504 e. The molecule has 5 rings (SSSR count). The highest BCUT2D eigenvalue weighted by Crippen LogP contribution is 2.50. The Labute approximate surface area is 283 Å². The number of carbonyl (C=O) groups excluding carboxylic acids is 2. The first-order chi connectivity index (χ1) is 23.3. The van der Waals surface area contributed by atoms with Gasteiger partial charge < -0.3 is 34.1 Å². The number of rotatable bonds is 15. The molecule has 0 aromatic heterocycles. The van der Waals surface area contributed by atoms with Crippen LogP contribution in [0.5, 0.6) is 17.2 Å². The molecule has 0 radical (unpaired) electrons. The van der Waals surface area contributed by atoms with Gasteiger partial charge in [-0.05, 0) is 76.5 Å². The molecule has 256 valence electrons. The molecule has 1 aliphatic carbocycles. The lowest BCUT2D eigenvalue weighted by Gasteiger charge is -2.39. The average Bonchev–Trinajstić information content (AvgIpc) is 3.66. The summed E-state index contributed by atoms with van der Waals surface area (Å²) in [6.07, 6.45) is 32.0. The Kier molecular flexibility index (Phi) is 12.1. The highest BCUT2D eigenvalue weighted by atomic mass is 16.8. The SMILES string of the molecule is CCC=CCC=CCC=CCC=CCC=CCC=CCCC(=O)OC1C=C2c3cc4c(c(O)c3C(=O)NC2C2OC(C)(C)OC12)OCO4. The highest BCUT2D eigenvalue weighted by Gasteiger charge is 2.55. The van der Waals surface area contributed by atoms with Gasteiger partial charge in [0.2, 0.25) is 12.5 Å². The van der Waals surface area contributed by atoms with Crippen molar-refractivity contribution in [2.24, 2.45) is 0 Å². The summed E-state index contributed by atoms with van der Waals surface area (Å²) in [5.41, 5.74) is 1.23. The summed E-state index contributed by atoms with van der Waals surface area (Å²) in [6, 6.07) is 1.11. The van der Waals surface area contributed by atoms with Crippen molar-refractivity contribution in [3.63, 3.8) is 0 Å². The summed E-state index contributed by atoms with van der Waals surface area (Å²) < 4.78 is 29.2. The number of phenols is 1. The van der Waals surface area contributed by atoms with Crippen LogP contribution in [0.3, 0.4) is 0 Å². The molecule has 0 spiro atoms. The molecule has 3 aliphatic heterocycles. The van der Waals surface area contributed by atoms with Gasteiger partial charge in [0, 0.05) is 12.0 Å². The van der Waals surface area contributed by atoms with E-state index in [0.29, 0.717) is 23.3 Å². The second-order valence-corrected chi connectivity index (χ2v) is 12.4. The molecule has 1 aromatic carbocycles.